The first-order valence-electron chi connectivity index (χ1n) is 6.67. The highest BCUT2D eigenvalue weighted by atomic mass is 31.2. The number of rotatable bonds is 3. The monoisotopic (exact) mass is 300 g/mol. The van der Waals surface area contributed by atoms with Gasteiger partial charge in [0.2, 0.25) is 0 Å². The molecule has 0 saturated carbocycles. The minimum Gasteiger partial charge on any atom is -0.790 e. The van der Waals surface area contributed by atoms with Crippen molar-refractivity contribution in [1.29, 1.82) is 0 Å². The number of hydrogen-bond acceptors (Lipinski definition) is 4. The molecule has 0 aliphatic heterocycles. The zero-order valence-electron chi connectivity index (χ0n) is 11.6. The van der Waals surface area contributed by atoms with Gasteiger partial charge in [-0.3, -0.25) is 0 Å². The molecule has 0 amide bonds. The van der Waals surface area contributed by atoms with Crippen LogP contribution >= 0.6 is 7.37 Å². The summed E-state index contributed by atoms with van der Waals surface area (Å²) in [6.45, 7) is 2.42. The summed E-state index contributed by atoms with van der Waals surface area (Å²) in [5, 5.41) is 0.267. The molecule has 6 heteroatoms. The average molecular weight is 300 g/mol. The molecule has 0 radical (unpaired) electrons. The van der Waals surface area contributed by atoms with Crippen LogP contribution in [0.3, 0.4) is 0 Å². The zero-order chi connectivity index (χ0) is 15.0. The highest BCUT2D eigenvalue weighted by molar-refractivity contribution is 7.71. The lowest BCUT2D eigenvalue weighted by Gasteiger charge is -2.23. The predicted octanol–water partition coefficient (Wildman–Crippen LogP) is 1.23. The van der Waals surface area contributed by atoms with Gasteiger partial charge in [0.1, 0.15) is 7.37 Å². The fraction of sp³-hybridized carbons (Fsp3) is 0.133. The van der Waals surface area contributed by atoms with Gasteiger partial charge >= 0.3 is 0 Å². The molecule has 0 spiro atoms. The quantitative estimate of drug-likeness (QED) is 0.582. The Kier molecular flexibility index (Phi) is 3.32. The van der Waals surface area contributed by atoms with Crippen LogP contribution in [0.15, 0.2) is 48.5 Å². The lowest BCUT2D eigenvalue weighted by atomic mass is 10.3. The molecule has 1 unspecified atom stereocenters. The van der Waals surface area contributed by atoms with Crippen molar-refractivity contribution in [2.24, 2.45) is 0 Å². The van der Waals surface area contributed by atoms with Crippen LogP contribution in [-0.2, 0) is 11.1 Å². The predicted molar refractivity (Wildman–Crippen MR) is 83.1 cm³/mol. The lowest BCUT2D eigenvalue weighted by molar-refractivity contribution is -0.167. The number of nitrogen functional groups attached to an aromatic ring is 1. The number of nitrogens with two attached hydrogens (primary N) is 1. The van der Waals surface area contributed by atoms with Gasteiger partial charge in [-0.2, -0.15) is 0 Å². The first kappa shape index (κ1) is 13.9. The molecule has 5 nitrogen and oxygen atoms in total. The molecular formula is C15H15N3O2P-. The Labute approximate surface area is 122 Å². The van der Waals surface area contributed by atoms with Crippen molar-refractivity contribution in [2.45, 2.75) is 13.5 Å². The summed E-state index contributed by atoms with van der Waals surface area (Å²) in [5.41, 5.74) is 7.76. The van der Waals surface area contributed by atoms with Gasteiger partial charge in [-0.25, -0.2) is 4.98 Å². The van der Waals surface area contributed by atoms with E-state index in [9.17, 15) is 9.46 Å². The molecule has 0 aliphatic rings. The van der Waals surface area contributed by atoms with E-state index in [2.05, 4.69) is 4.98 Å². The fourth-order valence-corrected chi connectivity index (χ4v) is 4.01. The summed E-state index contributed by atoms with van der Waals surface area (Å²) in [6.07, 6.45) is 0. The number of aryl methyl sites for hydroxylation is 1. The number of anilines is 1. The normalized spacial score (nSPS) is 14.2. The maximum absolute atomic E-state index is 12.8. The Morgan fingerprint density at radius 1 is 1.24 bits per heavy atom. The summed E-state index contributed by atoms with van der Waals surface area (Å²) in [7, 11) is -3.98. The fourth-order valence-electron chi connectivity index (χ4n) is 2.41. The molecule has 21 heavy (non-hydrogen) atoms. The third-order valence-corrected chi connectivity index (χ3v) is 5.27. The van der Waals surface area contributed by atoms with Gasteiger partial charge in [0.15, 0.2) is 5.57 Å². The van der Waals surface area contributed by atoms with Gasteiger partial charge in [0.25, 0.3) is 0 Å². The van der Waals surface area contributed by atoms with E-state index in [0.717, 1.165) is 5.52 Å². The Balaban J connectivity index is 2.27. The number of fused-ring (bicyclic) bond motifs is 1. The molecule has 0 aliphatic carbocycles. The third kappa shape index (κ3) is 2.24. The topological polar surface area (TPSA) is 84.0 Å². The second-order valence-electron chi connectivity index (χ2n) is 4.79. The summed E-state index contributed by atoms with van der Waals surface area (Å²) in [6, 6.07) is 13.6. The standard InChI is InChI=1S/C15H16N3O2P/c1-2-18-14-9-8-11(16)10-13(14)17-15(18)21(19,20)12-6-4-3-5-7-12/h3-10H,2,16H2,1H3,(H,19,20)/p-1. The third-order valence-electron chi connectivity index (χ3n) is 3.43. The molecule has 2 aromatic carbocycles. The first-order chi connectivity index (χ1) is 10.0. The van der Waals surface area contributed by atoms with E-state index in [4.69, 9.17) is 5.73 Å². The van der Waals surface area contributed by atoms with Crippen molar-refractivity contribution >= 4 is 35.0 Å². The molecule has 1 heterocycles. The molecule has 3 rings (SSSR count). The van der Waals surface area contributed by atoms with Crippen molar-refractivity contribution in [2.75, 3.05) is 5.73 Å². The maximum atomic E-state index is 12.8. The van der Waals surface area contributed by atoms with Crippen molar-refractivity contribution in [3.63, 3.8) is 0 Å². The zero-order valence-corrected chi connectivity index (χ0v) is 12.5. The van der Waals surface area contributed by atoms with E-state index in [1.54, 1.807) is 53.1 Å². The van der Waals surface area contributed by atoms with Gasteiger partial charge in [0, 0.05) is 17.5 Å². The maximum Gasteiger partial charge on any atom is 0.160 e. The molecule has 0 saturated heterocycles. The van der Waals surface area contributed by atoms with E-state index in [-0.39, 0.29) is 10.9 Å². The number of nitrogens with zero attached hydrogens (tertiary/aromatic N) is 2. The van der Waals surface area contributed by atoms with Crippen LogP contribution in [0.1, 0.15) is 6.92 Å². The molecule has 1 aromatic heterocycles. The van der Waals surface area contributed by atoms with Crippen molar-refractivity contribution < 1.29 is 9.46 Å². The summed E-state index contributed by atoms with van der Waals surface area (Å²) < 4.78 is 14.5. The minimum atomic E-state index is -3.98. The Morgan fingerprint density at radius 2 is 1.95 bits per heavy atom. The van der Waals surface area contributed by atoms with Gasteiger partial charge in [-0.15, -0.1) is 0 Å². The Bertz CT molecular complexity index is 843. The summed E-state index contributed by atoms with van der Waals surface area (Å²) >= 11 is 0. The Morgan fingerprint density at radius 3 is 2.62 bits per heavy atom. The lowest BCUT2D eigenvalue weighted by Crippen LogP contribution is -2.31. The van der Waals surface area contributed by atoms with Gasteiger partial charge < -0.3 is 19.8 Å². The van der Waals surface area contributed by atoms with Crippen LogP contribution in [-0.4, -0.2) is 9.55 Å². The highest BCUT2D eigenvalue weighted by Crippen LogP contribution is 2.34. The summed E-state index contributed by atoms with van der Waals surface area (Å²) in [5.74, 6) is 0. The first-order valence-corrected chi connectivity index (χ1v) is 8.29. The molecule has 0 bridgehead atoms. The smallest absolute Gasteiger partial charge is 0.160 e. The van der Waals surface area contributed by atoms with Crippen molar-refractivity contribution in [3.8, 4) is 0 Å². The van der Waals surface area contributed by atoms with Crippen molar-refractivity contribution in [1.82, 2.24) is 9.55 Å². The second-order valence-corrected chi connectivity index (χ2v) is 6.81. The highest BCUT2D eigenvalue weighted by Gasteiger charge is 2.22. The van der Waals surface area contributed by atoms with E-state index in [1.165, 1.54) is 0 Å². The van der Waals surface area contributed by atoms with Crippen LogP contribution < -0.4 is 21.5 Å². The molecule has 108 valence electrons. The van der Waals surface area contributed by atoms with Crippen LogP contribution in [0.25, 0.3) is 11.0 Å². The van der Waals surface area contributed by atoms with Crippen LogP contribution in [0.2, 0.25) is 0 Å². The van der Waals surface area contributed by atoms with E-state index in [0.29, 0.717) is 17.7 Å². The molecule has 1 atom stereocenters. The van der Waals surface area contributed by atoms with Crippen LogP contribution in [0, 0.1) is 0 Å². The number of imidazole rings is 1. The molecule has 0 fully saturated rings. The largest absolute Gasteiger partial charge is 0.790 e. The van der Waals surface area contributed by atoms with Crippen molar-refractivity contribution in [3.05, 3.63) is 48.5 Å². The van der Waals surface area contributed by atoms with Gasteiger partial charge in [-0.1, -0.05) is 30.3 Å². The van der Waals surface area contributed by atoms with E-state index < -0.39 is 7.37 Å². The Hall–Kier alpha value is -2.10. The van der Waals surface area contributed by atoms with Crippen LogP contribution in [0.4, 0.5) is 5.69 Å². The van der Waals surface area contributed by atoms with E-state index >= 15 is 0 Å². The van der Waals surface area contributed by atoms with Crippen LogP contribution in [0.5, 0.6) is 0 Å². The second kappa shape index (κ2) is 5.02. The molecule has 3 aromatic rings. The average Bonchev–Trinajstić information content (AvgIpc) is 2.86. The SMILES string of the molecule is CCn1c(P(=O)([O-])c2ccccc2)nc2cc(N)ccc21. The van der Waals surface area contributed by atoms with E-state index in [1.807, 2.05) is 6.92 Å². The summed E-state index contributed by atoms with van der Waals surface area (Å²) in [4.78, 5) is 17.1. The minimum absolute atomic E-state index is 0.0804. The van der Waals surface area contributed by atoms with Gasteiger partial charge in [0.05, 0.1) is 11.0 Å². The number of hydrogen-bond donors (Lipinski definition) is 1. The van der Waals surface area contributed by atoms with Gasteiger partial charge in [-0.05, 0) is 25.1 Å². The number of benzene rings is 2. The molecular weight excluding hydrogens is 285 g/mol. The number of aromatic nitrogens is 2. The molecule has 2 N–H and O–H groups in total.